The van der Waals surface area contributed by atoms with Gasteiger partial charge in [0, 0.05) is 19.1 Å². The van der Waals surface area contributed by atoms with Crippen LogP contribution in [0, 0.1) is 18.8 Å². The number of nitrogens with zero attached hydrogens (tertiary/aromatic N) is 2. The Morgan fingerprint density at radius 3 is 2.44 bits per heavy atom. The lowest BCUT2D eigenvalue weighted by molar-refractivity contribution is -0.127. The molecule has 180 valence electrons. The zero-order valence-electron chi connectivity index (χ0n) is 20.4. The molecule has 2 aromatic rings. The van der Waals surface area contributed by atoms with Gasteiger partial charge in [-0.25, -0.2) is 9.69 Å². The summed E-state index contributed by atoms with van der Waals surface area (Å²) in [6, 6.07) is 15.1. The van der Waals surface area contributed by atoms with E-state index in [1.807, 2.05) is 29.2 Å². The lowest BCUT2D eigenvalue weighted by atomic mass is 9.80. The monoisotopic (exact) mass is 461 g/mol. The Morgan fingerprint density at radius 2 is 1.74 bits per heavy atom. The van der Waals surface area contributed by atoms with Gasteiger partial charge in [0.2, 0.25) is 11.8 Å². The number of benzene rings is 2. The molecule has 1 saturated heterocycles. The molecule has 34 heavy (non-hydrogen) atoms. The second-order valence-electron chi connectivity index (χ2n) is 10.0. The van der Waals surface area contributed by atoms with Crippen LogP contribution >= 0.6 is 0 Å². The molecule has 0 spiro atoms. The number of rotatable bonds is 7. The molecule has 1 heterocycles. The maximum Gasteiger partial charge on any atom is 0.331 e. The third-order valence-electron chi connectivity index (χ3n) is 6.97. The number of hydrogen-bond acceptors (Lipinski definition) is 3. The first-order valence-corrected chi connectivity index (χ1v) is 12.4. The third-order valence-corrected chi connectivity index (χ3v) is 6.97. The van der Waals surface area contributed by atoms with Crippen molar-refractivity contribution in [2.45, 2.75) is 65.5 Å². The van der Waals surface area contributed by atoms with Gasteiger partial charge < -0.3 is 10.2 Å². The van der Waals surface area contributed by atoms with Gasteiger partial charge in [-0.05, 0) is 54.5 Å². The van der Waals surface area contributed by atoms with Crippen molar-refractivity contribution in [1.29, 1.82) is 0 Å². The van der Waals surface area contributed by atoms with E-state index in [1.54, 1.807) is 12.1 Å². The number of carbonyl (C=O) groups is 3. The number of fused-ring (bicyclic) bond motifs is 1. The summed E-state index contributed by atoms with van der Waals surface area (Å²) in [5.74, 6) is 0.102. The van der Waals surface area contributed by atoms with Gasteiger partial charge in [0.25, 0.3) is 0 Å². The fourth-order valence-electron chi connectivity index (χ4n) is 5.03. The van der Waals surface area contributed by atoms with Crippen molar-refractivity contribution in [3.05, 3.63) is 65.2 Å². The molecule has 1 aliphatic carbocycles. The minimum Gasteiger partial charge on any atom is -0.356 e. The van der Waals surface area contributed by atoms with Crippen molar-refractivity contribution < 1.29 is 14.4 Å². The smallest absolute Gasteiger partial charge is 0.331 e. The van der Waals surface area contributed by atoms with Crippen LogP contribution in [0.2, 0.25) is 0 Å². The summed E-state index contributed by atoms with van der Waals surface area (Å²) in [7, 11) is 0. The van der Waals surface area contributed by atoms with E-state index in [-0.39, 0.29) is 36.2 Å². The van der Waals surface area contributed by atoms with E-state index in [2.05, 4.69) is 38.2 Å². The Bertz CT molecular complexity index is 1050. The van der Waals surface area contributed by atoms with E-state index in [1.165, 1.54) is 4.90 Å². The number of aryl methyl sites for hydroxylation is 1. The Labute approximate surface area is 202 Å². The van der Waals surface area contributed by atoms with Crippen molar-refractivity contribution in [3.63, 3.8) is 0 Å². The molecule has 2 fully saturated rings. The molecule has 2 atom stereocenters. The lowest BCUT2D eigenvalue weighted by Gasteiger charge is -2.47. The summed E-state index contributed by atoms with van der Waals surface area (Å²) in [5, 5.41) is 2.92. The first-order valence-electron chi connectivity index (χ1n) is 12.4. The van der Waals surface area contributed by atoms with E-state index in [9.17, 15) is 14.4 Å². The number of urea groups is 1. The van der Waals surface area contributed by atoms with Crippen LogP contribution in [0.3, 0.4) is 0 Å². The molecule has 0 bridgehead atoms. The second-order valence-corrected chi connectivity index (χ2v) is 10.0. The van der Waals surface area contributed by atoms with Crippen molar-refractivity contribution in [2.75, 3.05) is 11.4 Å². The zero-order chi connectivity index (χ0) is 24.2. The Kier molecular flexibility index (Phi) is 7.35. The van der Waals surface area contributed by atoms with Crippen molar-refractivity contribution in [2.24, 2.45) is 11.8 Å². The van der Waals surface area contributed by atoms with Crippen LogP contribution in [0.4, 0.5) is 10.5 Å². The molecule has 4 amide bonds. The van der Waals surface area contributed by atoms with Crippen molar-refractivity contribution >= 4 is 23.5 Å². The van der Waals surface area contributed by atoms with Crippen LogP contribution in [0.5, 0.6) is 0 Å². The molecule has 1 N–H and O–H groups in total. The van der Waals surface area contributed by atoms with Crippen molar-refractivity contribution in [3.8, 4) is 0 Å². The summed E-state index contributed by atoms with van der Waals surface area (Å²) in [4.78, 5) is 42.6. The standard InChI is InChI=1S/C28H35N3O3/c1-19(2)17-29-26(32)16-21-12-14-23(15-13-21)31-27(33)24-10-6-7-11-25(24)30(28(31)34)18-22-9-5-4-8-20(22)3/h4-5,8-9,12-15,19,24-25H,6-7,10-11,16-18H2,1-3H3,(H,29,32). The number of hydrogen-bond donors (Lipinski definition) is 1. The predicted octanol–water partition coefficient (Wildman–Crippen LogP) is 4.84. The molecule has 6 nitrogen and oxygen atoms in total. The molecule has 0 radical (unpaired) electrons. The van der Waals surface area contributed by atoms with Crippen LogP contribution in [-0.2, 0) is 22.6 Å². The van der Waals surface area contributed by atoms with Crippen LogP contribution in [0.15, 0.2) is 48.5 Å². The fourth-order valence-corrected chi connectivity index (χ4v) is 5.03. The van der Waals surface area contributed by atoms with Gasteiger partial charge in [0.15, 0.2) is 0 Å². The Balaban J connectivity index is 1.55. The summed E-state index contributed by atoms with van der Waals surface area (Å²) in [5.41, 5.74) is 3.68. The van der Waals surface area contributed by atoms with E-state index in [0.717, 1.165) is 42.4 Å². The van der Waals surface area contributed by atoms with Gasteiger partial charge in [0.1, 0.15) is 0 Å². The molecular formula is C28H35N3O3. The summed E-state index contributed by atoms with van der Waals surface area (Å²) >= 11 is 0. The molecule has 2 unspecified atom stereocenters. The largest absolute Gasteiger partial charge is 0.356 e. The Hall–Kier alpha value is -3.15. The topological polar surface area (TPSA) is 69.7 Å². The number of carbonyl (C=O) groups excluding carboxylic acids is 3. The fraction of sp³-hybridized carbons (Fsp3) is 0.464. The highest BCUT2D eigenvalue weighted by Gasteiger charge is 2.47. The maximum atomic E-state index is 13.7. The SMILES string of the molecule is Cc1ccccc1CN1C(=O)N(c2ccc(CC(=O)NCC(C)C)cc2)C(=O)C2CCCCC21. The molecule has 6 heteroatoms. The maximum absolute atomic E-state index is 13.7. The van der Waals surface area contributed by atoms with Crippen LogP contribution in [-0.4, -0.2) is 35.3 Å². The average Bonchev–Trinajstić information content (AvgIpc) is 2.83. The third kappa shape index (κ3) is 5.16. The highest BCUT2D eigenvalue weighted by molar-refractivity contribution is 6.17. The average molecular weight is 462 g/mol. The number of imide groups is 1. The molecule has 4 rings (SSSR count). The van der Waals surface area contributed by atoms with Crippen LogP contribution < -0.4 is 10.2 Å². The van der Waals surface area contributed by atoms with E-state index < -0.39 is 0 Å². The Morgan fingerprint density at radius 1 is 1.03 bits per heavy atom. The molecule has 2 aromatic carbocycles. The van der Waals surface area contributed by atoms with Gasteiger partial charge in [-0.3, -0.25) is 9.59 Å². The quantitative estimate of drug-likeness (QED) is 0.642. The molecule has 1 aliphatic heterocycles. The molecule has 0 aromatic heterocycles. The van der Waals surface area contributed by atoms with Gasteiger partial charge in [-0.2, -0.15) is 0 Å². The first-order chi connectivity index (χ1) is 16.3. The van der Waals surface area contributed by atoms with Gasteiger partial charge in [-0.15, -0.1) is 0 Å². The lowest BCUT2D eigenvalue weighted by Crippen LogP contribution is -2.62. The van der Waals surface area contributed by atoms with E-state index in [4.69, 9.17) is 0 Å². The first kappa shape index (κ1) is 24.0. The van der Waals surface area contributed by atoms with Crippen molar-refractivity contribution in [1.82, 2.24) is 10.2 Å². The molecule has 1 saturated carbocycles. The minimum atomic E-state index is -0.251. The molecule has 2 aliphatic rings. The zero-order valence-corrected chi connectivity index (χ0v) is 20.4. The van der Waals surface area contributed by atoms with Gasteiger partial charge in [-0.1, -0.05) is 63.1 Å². The highest BCUT2D eigenvalue weighted by Crippen LogP contribution is 2.37. The van der Waals surface area contributed by atoms with Gasteiger partial charge >= 0.3 is 6.03 Å². The van der Waals surface area contributed by atoms with Gasteiger partial charge in [0.05, 0.1) is 18.0 Å². The summed E-state index contributed by atoms with van der Waals surface area (Å²) in [6.45, 7) is 7.32. The summed E-state index contributed by atoms with van der Waals surface area (Å²) < 4.78 is 0. The van der Waals surface area contributed by atoms with E-state index >= 15 is 0 Å². The normalized spacial score (nSPS) is 20.5. The highest BCUT2D eigenvalue weighted by atomic mass is 16.2. The van der Waals surface area contributed by atoms with Crippen LogP contribution in [0.25, 0.3) is 0 Å². The van der Waals surface area contributed by atoms with Crippen LogP contribution in [0.1, 0.15) is 56.2 Å². The number of amides is 4. The number of nitrogens with one attached hydrogen (secondary N) is 1. The molecular weight excluding hydrogens is 426 g/mol. The summed E-state index contributed by atoms with van der Waals surface area (Å²) in [6.07, 6.45) is 4.01. The van der Waals surface area contributed by atoms with E-state index in [0.29, 0.717) is 24.7 Å². The minimum absolute atomic E-state index is 0.0268. The second kappa shape index (κ2) is 10.4. The predicted molar refractivity (Wildman–Crippen MR) is 133 cm³/mol. The number of anilines is 1.